The first-order chi connectivity index (χ1) is 12.2. The molecule has 2 heterocycles. The lowest BCUT2D eigenvalue weighted by molar-refractivity contribution is -0.142. The molecule has 2 amide bonds. The second kappa shape index (κ2) is 6.36. The predicted octanol–water partition coefficient (Wildman–Crippen LogP) is 2.48. The second-order valence-electron chi connectivity index (χ2n) is 6.93. The minimum Gasteiger partial charge on any atom is -0.354 e. The number of nitrogens with one attached hydrogen (secondary N) is 1. The zero-order valence-electron chi connectivity index (χ0n) is 14.2. The van der Waals surface area contributed by atoms with Crippen molar-refractivity contribution in [1.82, 2.24) is 10.2 Å². The first-order valence-electron chi connectivity index (χ1n) is 8.89. The number of benzene rings is 2. The zero-order valence-corrected chi connectivity index (χ0v) is 14.2. The van der Waals surface area contributed by atoms with E-state index in [1.165, 1.54) is 11.1 Å². The van der Waals surface area contributed by atoms with Crippen LogP contribution in [0.15, 0.2) is 60.7 Å². The summed E-state index contributed by atoms with van der Waals surface area (Å²) in [5.74, 6) is 0.0646. The smallest absolute Gasteiger partial charge is 0.242 e. The lowest BCUT2D eigenvalue weighted by Crippen LogP contribution is -2.55. The summed E-state index contributed by atoms with van der Waals surface area (Å²) in [6, 6.07) is 20.4. The van der Waals surface area contributed by atoms with Crippen molar-refractivity contribution in [2.45, 2.75) is 30.7 Å². The number of hydrogen-bond acceptors (Lipinski definition) is 2. The molecule has 4 nitrogen and oxygen atoms in total. The van der Waals surface area contributed by atoms with Crippen molar-refractivity contribution in [3.8, 4) is 0 Å². The lowest BCUT2D eigenvalue weighted by atomic mass is 9.69. The van der Waals surface area contributed by atoms with E-state index in [0.29, 0.717) is 25.9 Å². The molecule has 1 unspecified atom stereocenters. The maximum Gasteiger partial charge on any atom is 0.242 e. The first kappa shape index (κ1) is 15.9. The van der Waals surface area contributed by atoms with Crippen LogP contribution in [0.3, 0.4) is 0 Å². The zero-order chi connectivity index (χ0) is 17.3. The number of nitrogens with zero attached hydrogens (tertiary/aromatic N) is 1. The monoisotopic (exact) mass is 334 g/mol. The van der Waals surface area contributed by atoms with Crippen LogP contribution in [0.4, 0.5) is 0 Å². The van der Waals surface area contributed by atoms with Crippen LogP contribution in [0.1, 0.15) is 30.4 Å². The second-order valence-corrected chi connectivity index (χ2v) is 6.93. The Labute approximate surface area is 147 Å². The van der Waals surface area contributed by atoms with Gasteiger partial charge in [-0.3, -0.25) is 9.59 Å². The Balaban J connectivity index is 1.79. The van der Waals surface area contributed by atoms with Gasteiger partial charge in [0.25, 0.3) is 0 Å². The molecule has 2 aliphatic rings. The molecule has 0 radical (unpaired) electrons. The summed E-state index contributed by atoms with van der Waals surface area (Å²) in [6.45, 7) is 1.20. The van der Waals surface area contributed by atoms with Crippen LogP contribution in [0.25, 0.3) is 0 Å². The molecule has 2 aliphatic heterocycles. The Morgan fingerprint density at radius 1 is 0.920 bits per heavy atom. The van der Waals surface area contributed by atoms with E-state index < -0.39 is 0 Å². The van der Waals surface area contributed by atoms with Gasteiger partial charge in [0.05, 0.1) is 0 Å². The molecule has 1 atom stereocenters. The predicted molar refractivity (Wildman–Crippen MR) is 96.0 cm³/mol. The average molecular weight is 334 g/mol. The standard InChI is InChI=1S/C21H22N2O2/c24-19-11-13-21(16-7-3-1-4-8-16,17-9-5-2-6-10-17)15-23(19)18-12-14-22-20(18)25/h1-10,18H,11-15H2,(H,22,25). The molecule has 0 aliphatic carbocycles. The molecule has 2 fully saturated rings. The molecule has 4 rings (SSSR count). The van der Waals surface area contributed by atoms with Crippen LogP contribution >= 0.6 is 0 Å². The van der Waals surface area contributed by atoms with Crippen molar-refractivity contribution in [2.24, 2.45) is 0 Å². The highest BCUT2D eigenvalue weighted by Crippen LogP contribution is 2.41. The number of carbonyl (C=O) groups excluding carboxylic acids is 2. The van der Waals surface area contributed by atoms with Gasteiger partial charge < -0.3 is 10.2 Å². The van der Waals surface area contributed by atoms with E-state index in [-0.39, 0.29) is 23.3 Å². The first-order valence-corrected chi connectivity index (χ1v) is 8.89. The van der Waals surface area contributed by atoms with Gasteiger partial charge in [0.2, 0.25) is 11.8 Å². The van der Waals surface area contributed by atoms with E-state index >= 15 is 0 Å². The summed E-state index contributed by atoms with van der Waals surface area (Å²) in [7, 11) is 0. The molecule has 0 spiro atoms. The summed E-state index contributed by atoms with van der Waals surface area (Å²) in [6.07, 6.45) is 1.93. The molecular formula is C21H22N2O2. The summed E-state index contributed by atoms with van der Waals surface area (Å²) in [5.41, 5.74) is 2.15. The maximum absolute atomic E-state index is 12.6. The molecule has 0 bridgehead atoms. The van der Waals surface area contributed by atoms with Crippen molar-refractivity contribution >= 4 is 11.8 Å². The van der Waals surface area contributed by atoms with Gasteiger partial charge in [0, 0.05) is 24.9 Å². The van der Waals surface area contributed by atoms with Gasteiger partial charge in [-0.1, -0.05) is 60.7 Å². The Morgan fingerprint density at radius 3 is 2.04 bits per heavy atom. The normalized spacial score (nSPS) is 22.7. The van der Waals surface area contributed by atoms with Crippen molar-refractivity contribution < 1.29 is 9.59 Å². The largest absolute Gasteiger partial charge is 0.354 e. The minimum absolute atomic E-state index is 0.0229. The maximum atomic E-state index is 12.6. The Hall–Kier alpha value is -2.62. The highest BCUT2D eigenvalue weighted by atomic mass is 16.2. The molecule has 1 N–H and O–H groups in total. The van der Waals surface area contributed by atoms with Gasteiger partial charge in [-0.2, -0.15) is 0 Å². The van der Waals surface area contributed by atoms with E-state index in [0.717, 1.165) is 6.42 Å². The van der Waals surface area contributed by atoms with Crippen molar-refractivity contribution in [1.29, 1.82) is 0 Å². The number of amides is 2. The minimum atomic E-state index is -0.334. The van der Waals surface area contributed by atoms with Crippen LogP contribution < -0.4 is 5.32 Å². The lowest BCUT2D eigenvalue weighted by Gasteiger charge is -2.45. The van der Waals surface area contributed by atoms with E-state index in [1.54, 1.807) is 0 Å². The number of piperidine rings is 1. The van der Waals surface area contributed by atoms with Crippen molar-refractivity contribution in [2.75, 3.05) is 13.1 Å². The molecule has 2 saturated heterocycles. The average Bonchev–Trinajstić information content (AvgIpc) is 3.10. The molecule has 2 aromatic carbocycles. The fourth-order valence-electron chi connectivity index (χ4n) is 4.24. The van der Waals surface area contributed by atoms with Crippen LogP contribution in [0.2, 0.25) is 0 Å². The fourth-order valence-corrected chi connectivity index (χ4v) is 4.24. The molecule has 128 valence electrons. The number of hydrogen-bond donors (Lipinski definition) is 1. The summed E-state index contributed by atoms with van der Waals surface area (Å²) >= 11 is 0. The van der Waals surface area contributed by atoms with Crippen LogP contribution in [0.5, 0.6) is 0 Å². The molecule has 2 aromatic rings. The molecule has 4 heteroatoms. The summed E-state index contributed by atoms with van der Waals surface area (Å²) in [5, 5.41) is 2.86. The SMILES string of the molecule is O=C1NCCC1N1CC(c2ccccc2)(c2ccccc2)CCC1=O. The summed E-state index contributed by atoms with van der Waals surface area (Å²) < 4.78 is 0. The third-order valence-corrected chi connectivity index (χ3v) is 5.57. The van der Waals surface area contributed by atoms with E-state index in [4.69, 9.17) is 0 Å². The number of carbonyl (C=O) groups is 2. The van der Waals surface area contributed by atoms with E-state index in [2.05, 4.69) is 29.6 Å². The van der Waals surface area contributed by atoms with Gasteiger partial charge in [-0.25, -0.2) is 0 Å². The third-order valence-electron chi connectivity index (χ3n) is 5.57. The summed E-state index contributed by atoms with van der Waals surface area (Å²) in [4.78, 5) is 26.6. The Kier molecular flexibility index (Phi) is 4.04. The van der Waals surface area contributed by atoms with Crippen molar-refractivity contribution in [3.63, 3.8) is 0 Å². The van der Waals surface area contributed by atoms with E-state index in [1.807, 2.05) is 41.3 Å². The molecule has 0 saturated carbocycles. The fraction of sp³-hybridized carbons (Fsp3) is 0.333. The number of likely N-dealkylation sites (tertiary alicyclic amines) is 1. The highest BCUT2D eigenvalue weighted by molar-refractivity contribution is 5.89. The Morgan fingerprint density at radius 2 is 1.52 bits per heavy atom. The topological polar surface area (TPSA) is 49.4 Å². The quantitative estimate of drug-likeness (QED) is 0.937. The number of rotatable bonds is 3. The third kappa shape index (κ3) is 2.72. The van der Waals surface area contributed by atoms with Crippen LogP contribution in [0, 0.1) is 0 Å². The van der Waals surface area contributed by atoms with Crippen LogP contribution in [-0.2, 0) is 15.0 Å². The van der Waals surface area contributed by atoms with Gasteiger partial charge in [-0.15, -0.1) is 0 Å². The van der Waals surface area contributed by atoms with Crippen LogP contribution in [-0.4, -0.2) is 35.8 Å². The highest BCUT2D eigenvalue weighted by Gasteiger charge is 2.45. The van der Waals surface area contributed by atoms with Gasteiger partial charge in [0.1, 0.15) is 6.04 Å². The van der Waals surface area contributed by atoms with Gasteiger partial charge >= 0.3 is 0 Å². The Bertz CT molecular complexity index is 733. The van der Waals surface area contributed by atoms with E-state index in [9.17, 15) is 9.59 Å². The molecular weight excluding hydrogens is 312 g/mol. The molecule has 25 heavy (non-hydrogen) atoms. The molecule has 0 aromatic heterocycles. The van der Waals surface area contributed by atoms with Gasteiger partial charge in [-0.05, 0) is 24.0 Å². The van der Waals surface area contributed by atoms with Gasteiger partial charge in [0.15, 0.2) is 0 Å². The van der Waals surface area contributed by atoms with Crippen molar-refractivity contribution in [3.05, 3.63) is 71.8 Å².